The highest BCUT2D eigenvalue weighted by atomic mass is 35.5. The van der Waals surface area contributed by atoms with E-state index in [0.29, 0.717) is 11.8 Å². The maximum Gasteiger partial charge on any atom is 0.229 e. The predicted molar refractivity (Wildman–Crippen MR) is 92.1 cm³/mol. The van der Waals surface area contributed by atoms with Crippen molar-refractivity contribution in [3.05, 3.63) is 47.1 Å². The number of anilines is 1. The average molecular weight is 346 g/mol. The Bertz CT molecular complexity index is 722. The largest absolute Gasteiger partial charge is 0.381 e. The van der Waals surface area contributed by atoms with E-state index in [4.69, 9.17) is 16.3 Å². The standard InChI is InChI=1S/C18H20ClN3O2/c19-14-3-1-13(2-4-14)15-9-16(15)18(23)21-17-5-7-20-22(17)10-12-6-8-24-11-12/h1-5,7,12,15-16H,6,8-11H2,(H,21,23)/t12-,15+,16-/m0/s1. The number of ether oxygens (including phenoxy) is 1. The minimum atomic E-state index is 0.0318. The van der Waals surface area contributed by atoms with Crippen molar-refractivity contribution in [3.8, 4) is 0 Å². The molecule has 0 radical (unpaired) electrons. The maximum atomic E-state index is 12.5. The van der Waals surface area contributed by atoms with Crippen molar-refractivity contribution in [2.24, 2.45) is 11.8 Å². The molecule has 0 spiro atoms. The summed E-state index contributed by atoms with van der Waals surface area (Å²) in [4.78, 5) is 12.5. The summed E-state index contributed by atoms with van der Waals surface area (Å²) in [5.41, 5.74) is 1.18. The molecule has 24 heavy (non-hydrogen) atoms. The third-order valence-corrected chi connectivity index (χ3v) is 5.10. The van der Waals surface area contributed by atoms with Gasteiger partial charge in [0.15, 0.2) is 0 Å². The van der Waals surface area contributed by atoms with E-state index in [1.807, 2.05) is 35.0 Å². The summed E-state index contributed by atoms with van der Waals surface area (Å²) < 4.78 is 7.28. The highest BCUT2D eigenvalue weighted by Gasteiger charge is 2.44. The van der Waals surface area contributed by atoms with Gasteiger partial charge in [-0.25, -0.2) is 4.68 Å². The van der Waals surface area contributed by atoms with E-state index >= 15 is 0 Å². The molecule has 1 saturated carbocycles. The quantitative estimate of drug-likeness (QED) is 0.904. The highest BCUT2D eigenvalue weighted by Crippen LogP contribution is 2.48. The molecule has 6 heteroatoms. The van der Waals surface area contributed by atoms with Crippen molar-refractivity contribution in [1.29, 1.82) is 0 Å². The molecule has 2 aliphatic rings. The number of nitrogens with one attached hydrogen (secondary N) is 1. The zero-order valence-electron chi connectivity index (χ0n) is 13.3. The molecule has 2 fully saturated rings. The third-order valence-electron chi connectivity index (χ3n) is 4.85. The molecule has 1 aromatic carbocycles. The molecule has 2 heterocycles. The smallest absolute Gasteiger partial charge is 0.229 e. The first-order chi connectivity index (χ1) is 11.7. The van der Waals surface area contributed by atoms with E-state index in [0.717, 1.165) is 43.4 Å². The van der Waals surface area contributed by atoms with Crippen LogP contribution < -0.4 is 5.32 Å². The molecule has 126 valence electrons. The average Bonchev–Trinajstić information content (AvgIpc) is 2.99. The highest BCUT2D eigenvalue weighted by molar-refractivity contribution is 6.30. The monoisotopic (exact) mass is 345 g/mol. The van der Waals surface area contributed by atoms with Gasteiger partial charge >= 0.3 is 0 Å². The molecule has 1 saturated heterocycles. The molecule has 0 unspecified atom stereocenters. The number of hydrogen-bond acceptors (Lipinski definition) is 3. The van der Waals surface area contributed by atoms with Crippen LogP contribution in [0, 0.1) is 11.8 Å². The van der Waals surface area contributed by atoms with Crippen LogP contribution in [0.15, 0.2) is 36.5 Å². The SMILES string of the molecule is O=C(Nc1ccnn1C[C@@H]1CCOC1)[C@H]1C[C@@H]1c1ccc(Cl)cc1. The van der Waals surface area contributed by atoms with Crippen molar-refractivity contribution >= 4 is 23.3 Å². The number of halogens is 1. The Hall–Kier alpha value is -1.85. The molecule has 0 bridgehead atoms. The normalized spacial score (nSPS) is 25.6. The number of hydrogen-bond donors (Lipinski definition) is 1. The Kier molecular flexibility index (Phi) is 4.29. The van der Waals surface area contributed by atoms with Crippen LogP contribution in [-0.2, 0) is 16.1 Å². The number of amides is 1. The number of carbonyl (C=O) groups is 1. The van der Waals surface area contributed by atoms with Gasteiger partial charge in [-0.15, -0.1) is 0 Å². The minimum absolute atomic E-state index is 0.0318. The summed E-state index contributed by atoms with van der Waals surface area (Å²) in [6.45, 7) is 2.38. The van der Waals surface area contributed by atoms with Crippen molar-refractivity contribution < 1.29 is 9.53 Å². The molecule has 1 aliphatic carbocycles. The molecule has 1 aliphatic heterocycles. The second kappa shape index (κ2) is 6.57. The van der Waals surface area contributed by atoms with Gasteiger partial charge in [0.25, 0.3) is 0 Å². The van der Waals surface area contributed by atoms with Crippen molar-refractivity contribution in [1.82, 2.24) is 9.78 Å². The summed E-state index contributed by atoms with van der Waals surface area (Å²) in [5.74, 6) is 1.64. The molecule has 1 amide bonds. The van der Waals surface area contributed by atoms with Gasteiger partial charge in [0.05, 0.1) is 12.8 Å². The Morgan fingerprint density at radius 2 is 2.17 bits per heavy atom. The fourth-order valence-corrected chi connectivity index (χ4v) is 3.46. The van der Waals surface area contributed by atoms with Crippen LogP contribution in [0.4, 0.5) is 5.82 Å². The van der Waals surface area contributed by atoms with Crippen molar-refractivity contribution in [3.63, 3.8) is 0 Å². The van der Waals surface area contributed by atoms with E-state index in [1.54, 1.807) is 6.20 Å². The predicted octanol–water partition coefficient (Wildman–Crippen LogP) is 3.32. The van der Waals surface area contributed by atoms with Crippen LogP contribution in [0.2, 0.25) is 5.02 Å². The van der Waals surface area contributed by atoms with Gasteiger partial charge in [0.2, 0.25) is 5.91 Å². The zero-order chi connectivity index (χ0) is 16.5. The Morgan fingerprint density at radius 3 is 2.92 bits per heavy atom. The van der Waals surface area contributed by atoms with Crippen LogP contribution in [0.5, 0.6) is 0 Å². The van der Waals surface area contributed by atoms with E-state index in [2.05, 4.69) is 10.4 Å². The first-order valence-corrected chi connectivity index (χ1v) is 8.74. The van der Waals surface area contributed by atoms with Gasteiger partial charge in [0.1, 0.15) is 5.82 Å². The first kappa shape index (κ1) is 15.7. The number of nitrogens with zero attached hydrogens (tertiary/aromatic N) is 2. The molecule has 4 rings (SSSR count). The van der Waals surface area contributed by atoms with Gasteiger partial charge in [-0.2, -0.15) is 5.10 Å². The summed E-state index contributed by atoms with van der Waals surface area (Å²) in [6.07, 6.45) is 3.67. The first-order valence-electron chi connectivity index (χ1n) is 8.36. The summed E-state index contributed by atoms with van der Waals surface area (Å²) >= 11 is 5.92. The summed E-state index contributed by atoms with van der Waals surface area (Å²) in [7, 11) is 0. The molecule has 2 aromatic rings. The van der Waals surface area contributed by atoms with Gasteiger partial charge in [0, 0.05) is 36.1 Å². The molecular formula is C18H20ClN3O2. The number of aromatic nitrogens is 2. The Labute approximate surface area is 145 Å². The van der Waals surface area contributed by atoms with Crippen molar-refractivity contribution in [2.45, 2.75) is 25.3 Å². The second-order valence-electron chi connectivity index (χ2n) is 6.62. The van der Waals surface area contributed by atoms with Crippen LogP contribution in [-0.4, -0.2) is 28.9 Å². The molecule has 1 N–H and O–H groups in total. The fourth-order valence-electron chi connectivity index (χ4n) is 3.34. The summed E-state index contributed by atoms with van der Waals surface area (Å²) in [6, 6.07) is 9.62. The van der Waals surface area contributed by atoms with Gasteiger partial charge in [-0.3, -0.25) is 4.79 Å². The minimum Gasteiger partial charge on any atom is -0.381 e. The lowest BCUT2D eigenvalue weighted by Crippen LogP contribution is -2.20. The second-order valence-corrected chi connectivity index (χ2v) is 7.05. The van der Waals surface area contributed by atoms with E-state index in [1.165, 1.54) is 5.56 Å². The van der Waals surface area contributed by atoms with E-state index < -0.39 is 0 Å². The molecule has 1 aromatic heterocycles. The van der Waals surface area contributed by atoms with E-state index in [9.17, 15) is 4.79 Å². The van der Waals surface area contributed by atoms with Gasteiger partial charge < -0.3 is 10.1 Å². The molecule has 3 atom stereocenters. The Morgan fingerprint density at radius 1 is 1.33 bits per heavy atom. The number of benzene rings is 1. The Balaban J connectivity index is 1.37. The number of carbonyl (C=O) groups excluding carboxylic acids is 1. The third kappa shape index (κ3) is 3.32. The molecule has 5 nitrogen and oxygen atoms in total. The van der Waals surface area contributed by atoms with Gasteiger partial charge in [-0.1, -0.05) is 23.7 Å². The lowest BCUT2D eigenvalue weighted by Gasteiger charge is -2.12. The maximum absolute atomic E-state index is 12.5. The van der Waals surface area contributed by atoms with E-state index in [-0.39, 0.29) is 11.8 Å². The fraction of sp³-hybridized carbons (Fsp3) is 0.444. The molecular weight excluding hydrogens is 326 g/mol. The number of rotatable bonds is 5. The van der Waals surface area contributed by atoms with Crippen LogP contribution >= 0.6 is 11.6 Å². The van der Waals surface area contributed by atoms with Crippen LogP contribution in [0.25, 0.3) is 0 Å². The lowest BCUT2D eigenvalue weighted by molar-refractivity contribution is -0.117. The van der Waals surface area contributed by atoms with Crippen LogP contribution in [0.3, 0.4) is 0 Å². The van der Waals surface area contributed by atoms with Crippen molar-refractivity contribution in [2.75, 3.05) is 18.5 Å². The van der Waals surface area contributed by atoms with Crippen LogP contribution in [0.1, 0.15) is 24.3 Å². The van der Waals surface area contributed by atoms with Gasteiger partial charge in [-0.05, 0) is 36.5 Å². The zero-order valence-corrected chi connectivity index (χ0v) is 14.1. The summed E-state index contributed by atoms with van der Waals surface area (Å²) in [5, 5.41) is 8.09. The topological polar surface area (TPSA) is 56.2 Å². The lowest BCUT2D eigenvalue weighted by atomic mass is 10.1.